The van der Waals surface area contributed by atoms with Crippen LogP contribution in [0.1, 0.15) is 16.1 Å². The molecule has 0 radical (unpaired) electrons. The minimum absolute atomic E-state index is 0.0205. The van der Waals surface area contributed by atoms with E-state index in [1.54, 1.807) is 48.5 Å². The van der Waals surface area contributed by atoms with E-state index in [4.69, 9.17) is 5.26 Å². The van der Waals surface area contributed by atoms with Gasteiger partial charge in [0.25, 0.3) is 5.91 Å². The van der Waals surface area contributed by atoms with Gasteiger partial charge in [-0.1, -0.05) is 30.3 Å². The number of rotatable bonds is 2. The minimum atomic E-state index is -0.600. The van der Waals surface area contributed by atoms with Crippen LogP contribution in [0, 0.1) is 11.3 Å². The van der Waals surface area contributed by atoms with Gasteiger partial charge in [0.1, 0.15) is 11.8 Å². The zero-order valence-corrected chi connectivity index (χ0v) is 11.3. The lowest BCUT2D eigenvalue weighted by Crippen LogP contribution is -2.21. The Labute approximate surface area is 125 Å². The Hall–Kier alpha value is -3.46. The van der Waals surface area contributed by atoms with Crippen molar-refractivity contribution >= 4 is 22.5 Å². The summed E-state index contributed by atoms with van der Waals surface area (Å²) in [4.78, 5) is 30.3. The second-order valence-electron chi connectivity index (χ2n) is 4.55. The second-order valence-corrected chi connectivity index (χ2v) is 4.55. The third-order valence-corrected chi connectivity index (χ3v) is 3.15. The van der Waals surface area contributed by atoms with Gasteiger partial charge in [-0.3, -0.25) is 4.79 Å². The van der Waals surface area contributed by atoms with E-state index >= 15 is 0 Å². The molecule has 0 aliphatic rings. The maximum Gasteiger partial charge on any atom is 0.346 e. The van der Waals surface area contributed by atoms with Gasteiger partial charge in [0, 0.05) is 5.39 Å². The highest BCUT2D eigenvalue weighted by atomic mass is 16.2. The number of aromatic amines is 1. The number of nitrogens with zero attached hydrogens (tertiary/aromatic N) is 2. The average Bonchev–Trinajstić information content (AvgIpc) is 2.54. The lowest BCUT2D eigenvalue weighted by molar-refractivity contribution is 0.102. The van der Waals surface area contributed by atoms with Gasteiger partial charge >= 0.3 is 5.69 Å². The first-order valence-electron chi connectivity index (χ1n) is 6.48. The molecule has 0 spiro atoms. The number of fused-ring (bicyclic) bond motifs is 1. The highest BCUT2D eigenvalue weighted by Gasteiger charge is 2.14. The third-order valence-electron chi connectivity index (χ3n) is 3.15. The fourth-order valence-electron chi connectivity index (χ4n) is 2.15. The molecule has 3 rings (SSSR count). The predicted molar refractivity (Wildman–Crippen MR) is 81.5 cm³/mol. The molecule has 0 atom stereocenters. The number of hydrogen-bond acceptors (Lipinski definition) is 4. The molecular weight excluding hydrogens is 280 g/mol. The maximum atomic E-state index is 12.4. The molecule has 0 aliphatic heterocycles. The van der Waals surface area contributed by atoms with Crippen molar-refractivity contribution in [3.8, 4) is 6.07 Å². The molecule has 6 heteroatoms. The van der Waals surface area contributed by atoms with Gasteiger partial charge in [-0.05, 0) is 18.2 Å². The van der Waals surface area contributed by atoms with E-state index < -0.39 is 11.6 Å². The van der Waals surface area contributed by atoms with E-state index in [-0.39, 0.29) is 5.69 Å². The molecule has 0 saturated heterocycles. The number of para-hydroxylation sites is 2. The van der Waals surface area contributed by atoms with Crippen molar-refractivity contribution in [1.29, 1.82) is 5.26 Å². The summed E-state index contributed by atoms with van der Waals surface area (Å²) >= 11 is 0. The Morgan fingerprint density at radius 1 is 1.14 bits per heavy atom. The fourth-order valence-corrected chi connectivity index (χ4v) is 2.15. The number of aromatic nitrogens is 2. The van der Waals surface area contributed by atoms with E-state index in [1.165, 1.54) is 0 Å². The summed E-state index contributed by atoms with van der Waals surface area (Å²) in [6.45, 7) is 0. The molecule has 1 aromatic heterocycles. The molecular formula is C16H10N4O2. The molecule has 2 aromatic carbocycles. The van der Waals surface area contributed by atoms with Gasteiger partial charge in [-0.25, -0.2) is 4.79 Å². The predicted octanol–water partition coefficient (Wildman–Crippen LogP) is 2.05. The molecule has 0 fully saturated rings. The number of carbonyl (C=O) groups excluding carboxylic acids is 1. The van der Waals surface area contributed by atoms with Gasteiger partial charge in [-0.2, -0.15) is 10.2 Å². The Bertz CT molecular complexity index is 970. The first-order chi connectivity index (χ1) is 10.7. The first kappa shape index (κ1) is 13.5. The molecule has 3 aromatic rings. The molecule has 0 saturated carbocycles. The highest BCUT2D eigenvalue weighted by Crippen LogP contribution is 2.17. The Morgan fingerprint density at radius 3 is 2.68 bits per heavy atom. The summed E-state index contributed by atoms with van der Waals surface area (Å²) in [7, 11) is 0. The summed E-state index contributed by atoms with van der Waals surface area (Å²) in [6.07, 6.45) is 0. The van der Waals surface area contributed by atoms with Gasteiger partial charge in [0.15, 0.2) is 0 Å². The van der Waals surface area contributed by atoms with Gasteiger partial charge < -0.3 is 10.3 Å². The number of nitriles is 1. The molecule has 1 amide bonds. The van der Waals surface area contributed by atoms with Crippen molar-refractivity contribution < 1.29 is 4.79 Å². The van der Waals surface area contributed by atoms with Crippen LogP contribution in [-0.4, -0.2) is 15.9 Å². The number of hydrogen-bond donors (Lipinski definition) is 2. The number of amides is 1. The Balaban J connectivity index is 2.07. The van der Waals surface area contributed by atoms with Crippen LogP contribution in [0.3, 0.4) is 0 Å². The van der Waals surface area contributed by atoms with Crippen LogP contribution in [0.5, 0.6) is 0 Å². The monoisotopic (exact) mass is 290 g/mol. The largest absolute Gasteiger partial charge is 0.346 e. The van der Waals surface area contributed by atoms with Crippen LogP contribution in [0.15, 0.2) is 53.3 Å². The number of nitrogens with one attached hydrogen (secondary N) is 2. The summed E-state index contributed by atoms with van der Waals surface area (Å²) in [5.74, 6) is -0.537. The van der Waals surface area contributed by atoms with Crippen molar-refractivity contribution in [1.82, 2.24) is 9.97 Å². The molecule has 0 bridgehead atoms. The summed E-state index contributed by atoms with van der Waals surface area (Å²) < 4.78 is 0. The van der Waals surface area contributed by atoms with Crippen molar-refractivity contribution in [3.05, 3.63) is 70.3 Å². The molecule has 22 heavy (non-hydrogen) atoms. The van der Waals surface area contributed by atoms with Gasteiger partial charge in [0.05, 0.1) is 16.8 Å². The average molecular weight is 290 g/mol. The lowest BCUT2D eigenvalue weighted by atomic mass is 10.1. The summed E-state index contributed by atoms with van der Waals surface area (Å²) in [5, 5.41) is 12.2. The molecule has 2 N–H and O–H groups in total. The van der Waals surface area contributed by atoms with Gasteiger partial charge in [-0.15, -0.1) is 0 Å². The quantitative estimate of drug-likeness (QED) is 0.754. The number of carbonyl (C=O) groups is 1. The second kappa shape index (κ2) is 5.50. The van der Waals surface area contributed by atoms with Crippen molar-refractivity contribution in [2.75, 3.05) is 5.32 Å². The summed E-state index contributed by atoms with van der Waals surface area (Å²) in [6, 6.07) is 15.5. The fraction of sp³-hybridized carbons (Fsp3) is 0. The zero-order chi connectivity index (χ0) is 15.5. The van der Waals surface area contributed by atoms with Crippen LogP contribution < -0.4 is 11.0 Å². The van der Waals surface area contributed by atoms with Crippen LogP contribution in [0.2, 0.25) is 0 Å². The van der Waals surface area contributed by atoms with Crippen molar-refractivity contribution in [3.63, 3.8) is 0 Å². The topological polar surface area (TPSA) is 98.6 Å². The van der Waals surface area contributed by atoms with Gasteiger partial charge in [0.2, 0.25) is 0 Å². The van der Waals surface area contributed by atoms with E-state index in [2.05, 4.69) is 15.3 Å². The first-order valence-corrected chi connectivity index (χ1v) is 6.48. The van der Waals surface area contributed by atoms with Crippen LogP contribution in [0.4, 0.5) is 5.69 Å². The Kier molecular flexibility index (Phi) is 3.38. The maximum absolute atomic E-state index is 12.4. The molecule has 1 heterocycles. The van der Waals surface area contributed by atoms with E-state index in [1.807, 2.05) is 6.07 Å². The van der Waals surface area contributed by atoms with Crippen molar-refractivity contribution in [2.45, 2.75) is 0 Å². The van der Waals surface area contributed by atoms with Crippen LogP contribution in [0.25, 0.3) is 10.9 Å². The zero-order valence-electron chi connectivity index (χ0n) is 11.3. The molecule has 0 unspecified atom stereocenters. The number of anilines is 1. The Morgan fingerprint density at radius 2 is 1.86 bits per heavy atom. The number of H-pyrrole nitrogens is 1. The SMILES string of the molecule is N#Cc1ccccc1NC(=O)c1nc(=O)[nH]c2ccccc12. The van der Waals surface area contributed by atoms with E-state index in [0.717, 1.165) is 0 Å². The summed E-state index contributed by atoms with van der Waals surface area (Å²) in [5.41, 5.74) is 0.664. The smallest absolute Gasteiger partial charge is 0.319 e. The standard InChI is InChI=1S/C16H10N4O2/c17-9-10-5-1-3-7-12(10)18-15(21)14-11-6-2-4-8-13(11)19-16(22)20-14/h1-8H,(H,18,21)(H,19,20,22). The van der Waals surface area contributed by atoms with E-state index in [9.17, 15) is 9.59 Å². The van der Waals surface area contributed by atoms with E-state index in [0.29, 0.717) is 22.2 Å². The normalized spacial score (nSPS) is 10.1. The molecule has 6 nitrogen and oxygen atoms in total. The molecule has 0 aliphatic carbocycles. The van der Waals surface area contributed by atoms with Crippen molar-refractivity contribution in [2.24, 2.45) is 0 Å². The molecule has 106 valence electrons. The van der Waals surface area contributed by atoms with Crippen LogP contribution >= 0.6 is 0 Å². The minimum Gasteiger partial charge on any atom is -0.319 e. The lowest BCUT2D eigenvalue weighted by Gasteiger charge is -2.08. The van der Waals surface area contributed by atoms with Crippen LogP contribution in [-0.2, 0) is 0 Å². The number of benzene rings is 2. The highest BCUT2D eigenvalue weighted by molar-refractivity contribution is 6.11. The third kappa shape index (κ3) is 2.43.